The fraction of sp³-hybridized carbons (Fsp3) is 0.875. The highest BCUT2D eigenvalue weighted by atomic mass is 28.4. The van der Waals surface area contributed by atoms with Gasteiger partial charge in [-0.1, -0.05) is 0 Å². The molecule has 0 rings (SSSR count). The van der Waals surface area contributed by atoms with Crippen LogP contribution >= 0.6 is 0 Å². The van der Waals surface area contributed by atoms with Gasteiger partial charge in [-0.25, -0.2) is 0 Å². The summed E-state index contributed by atoms with van der Waals surface area (Å²) in [6.45, 7) is 5.30. The van der Waals surface area contributed by atoms with E-state index in [0.717, 1.165) is 19.0 Å². The van der Waals surface area contributed by atoms with Gasteiger partial charge in [0.05, 0.1) is 0 Å². The van der Waals surface area contributed by atoms with Crippen molar-refractivity contribution in [3.63, 3.8) is 0 Å². The molecule has 0 saturated carbocycles. The largest absolute Gasteiger partial charge is 0.420 e. The molecule has 0 bridgehead atoms. The van der Waals surface area contributed by atoms with Crippen LogP contribution < -0.4 is 11.1 Å². The van der Waals surface area contributed by atoms with Crippen molar-refractivity contribution in [2.24, 2.45) is 10.7 Å². The zero-order valence-corrected chi connectivity index (χ0v) is 10.1. The van der Waals surface area contributed by atoms with Crippen LogP contribution in [0.1, 0.15) is 6.42 Å². The number of hydrogen-bond donors (Lipinski definition) is 2. The van der Waals surface area contributed by atoms with Crippen molar-refractivity contribution in [1.82, 2.24) is 5.32 Å². The zero-order valence-electron chi connectivity index (χ0n) is 9.05. The van der Waals surface area contributed by atoms with Gasteiger partial charge in [0.1, 0.15) is 0 Å². The Hall–Kier alpha value is -0.553. The van der Waals surface area contributed by atoms with E-state index in [1.807, 2.05) is 0 Å². The van der Waals surface area contributed by atoms with Gasteiger partial charge in [-0.15, -0.1) is 0 Å². The molecule has 3 N–H and O–H groups in total. The Balaban J connectivity index is 3.46. The van der Waals surface area contributed by atoms with E-state index < -0.39 is 8.32 Å². The minimum atomic E-state index is -1.38. The fourth-order valence-electron chi connectivity index (χ4n) is 0.912. The highest BCUT2D eigenvalue weighted by Gasteiger charge is 2.19. The maximum Gasteiger partial charge on any atom is 0.188 e. The summed E-state index contributed by atoms with van der Waals surface area (Å²) in [6.07, 6.45) is 1.09. The molecule has 0 heterocycles. The van der Waals surface area contributed by atoms with Crippen LogP contribution in [0.5, 0.6) is 0 Å². The van der Waals surface area contributed by atoms with Crippen LogP contribution in [0.15, 0.2) is 4.99 Å². The molecule has 0 aromatic heterocycles. The van der Waals surface area contributed by atoms with E-state index >= 15 is 0 Å². The molecule has 0 aliphatic carbocycles. The van der Waals surface area contributed by atoms with Gasteiger partial charge in [-0.2, -0.15) is 0 Å². The SMILES string of the molecule is CN=C(N)NCCC[Si](C)(C)OC. The molecule has 0 aliphatic rings. The summed E-state index contributed by atoms with van der Waals surface area (Å²) in [5, 5.41) is 3.02. The molecular formula is C8H21N3OSi. The second-order valence-electron chi connectivity index (χ2n) is 3.60. The van der Waals surface area contributed by atoms with E-state index in [-0.39, 0.29) is 0 Å². The Morgan fingerprint density at radius 1 is 1.54 bits per heavy atom. The van der Waals surface area contributed by atoms with E-state index in [4.69, 9.17) is 10.2 Å². The highest BCUT2D eigenvalue weighted by Crippen LogP contribution is 2.11. The lowest BCUT2D eigenvalue weighted by atomic mass is 10.5. The van der Waals surface area contributed by atoms with Crippen LogP contribution in [0.3, 0.4) is 0 Å². The second kappa shape index (κ2) is 5.99. The number of hydrogen-bond acceptors (Lipinski definition) is 2. The van der Waals surface area contributed by atoms with Gasteiger partial charge in [-0.05, 0) is 25.6 Å². The first-order chi connectivity index (χ1) is 6.02. The lowest BCUT2D eigenvalue weighted by molar-refractivity contribution is 0.402. The number of aliphatic imine (C=N–C) groups is 1. The molecule has 0 radical (unpaired) electrons. The van der Waals surface area contributed by atoms with E-state index in [9.17, 15) is 0 Å². The monoisotopic (exact) mass is 203 g/mol. The third-order valence-electron chi connectivity index (χ3n) is 2.06. The van der Waals surface area contributed by atoms with E-state index in [1.165, 1.54) is 0 Å². The predicted octanol–water partition coefficient (Wildman–Crippen LogP) is 0.762. The summed E-state index contributed by atoms with van der Waals surface area (Å²) in [5.74, 6) is 0.511. The lowest BCUT2D eigenvalue weighted by Crippen LogP contribution is -2.34. The highest BCUT2D eigenvalue weighted by molar-refractivity contribution is 6.71. The van der Waals surface area contributed by atoms with Crippen molar-refractivity contribution < 1.29 is 4.43 Å². The third kappa shape index (κ3) is 6.59. The van der Waals surface area contributed by atoms with Gasteiger partial charge < -0.3 is 15.5 Å². The lowest BCUT2D eigenvalue weighted by Gasteiger charge is -2.19. The van der Waals surface area contributed by atoms with Crippen molar-refractivity contribution in [3.8, 4) is 0 Å². The van der Waals surface area contributed by atoms with Crippen molar-refractivity contribution >= 4 is 14.3 Å². The van der Waals surface area contributed by atoms with Crippen LogP contribution in [0.25, 0.3) is 0 Å². The Morgan fingerprint density at radius 3 is 2.62 bits per heavy atom. The summed E-state index contributed by atoms with van der Waals surface area (Å²) in [5.41, 5.74) is 5.47. The third-order valence-corrected chi connectivity index (χ3v) is 4.72. The molecule has 0 amide bonds. The van der Waals surface area contributed by atoms with Gasteiger partial charge in [0.25, 0.3) is 0 Å². The molecule has 0 aliphatic heterocycles. The molecule has 0 atom stereocenters. The maximum atomic E-state index is 5.47. The average Bonchev–Trinajstić information content (AvgIpc) is 2.12. The first kappa shape index (κ1) is 12.4. The van der Waals surface area contributed by atoms with E-state index in [2.05, 4.69) is 23.4 Å². The molecule has 0 unspecified atom stereocenters. The molecule has 0 aromatic carbocycles. The molecular weight excluding hydrogens is 182 g/mol. The summed E-state index contributed by atoms with van der Waals surface area (Å²) < 4.78 is 5.42. The number of nitrogens with zero attached hydrogens (tertiary/aromatic N) is 1. The van der Waals surface area contributed by atoms with Crippen LogP contribution in [-0.4, -0.2) is 35.0 Å². The topological polar surface area (TPSA) is 59.6 Å². The molecule has 0 spiro atoms. The Kier molecular flexibility index (Phi) is 5.73. The van der Waals surface area contributed by atoms with Gasteiger partial charge in [0.2, 0.25) is 0 Å². The van der Waals surface area contributed by atoms with Crippen molar-refractivity contribution in [2.45, 2.75) is 25.6 Å². The van der Waals surface area contributed by atoms with E-state index in [1.54, 1.807) is 14.2 Å². The minimum Gasteiger partial charge on any atom is -0.420 e. The number of rotatable bonds is 5. The van der Waals surface area contributed by atoms with E-state index in [0.29, 0.717) is 5.96 Å². The molecule has 0 fully saturated rings. The molecule has 0 aromatic rings. The van der Waals surface area contributed by atoms with Crippen LogP contribution in [0.4, 0.5) is 0 Å². The number of nitrogens with one attached hydrogen (secondary N) is 1. The first-order valence-corrected chi connectivity index (χ1v) is 7.64. The van der Waals surface area contributed by atoms with Crippen molar-refractivity contribution in [2.75, 3.05) is 20.7 Å². The summed E-state index contributed by atoms with van der Waals surface area (Å²) in [7, 11) is 2.09. The Labute approximate surface area is 81.7 Å². The van der Waals surface area contributed by atoms with Crippen LogP contribution in [0, 0.1) is 0 Å². The van der Waals surface area contributed by atoms with Crippen molar-refractivity contribution in [1.29, 1.82) is 0 Å². The number of guanidine groups is 1. The van der Waals surface area contributed by atoms with Gasteiger partial charge in [-0.3, -0.25) is 4.99 Å². The number of nitrogens with two attached hydrogens (primary N) is 1. The van der Waals surface area contributed by atoms with Gasteiger partial charge in [0.15, 0.2) is 14.3 Å². The van der Waals surface area contributed by atoms with Gasteiger partial charge >= 0.3 is 0 Å². The van der Waals surface area contributed by atoms with Gasteiger partial charge in [0, 0.05) is 20.7 Å². The molecule has 0 saturated heterocycles. The summed E-state index contributed by atoms with van der Waals surface area (Å²) >= 11 is 0. The molecule has 78 valence electrons. The standard InChI is InChI=1S/C8H21N3OSi/c1-10-8(9)11-6-5-7-13(3,4)12-2/h5-7H2,1-4H3,(H3,9,10,11). The summed E-state index contributed by atoms with van der Waals surface area (Å²) in [4.78, 5) is 3.81. The van der Waals surface area contributed by atoms with Crippen LogP contribution in [0.2, 0.25) is 19.1 Å². The maximum absolute atomic E-state index is 5.47. The first-order valence-electron chi connectivity index (χ1n) is 4.53. The normalized spacial score (nSPS) is 13.1. The smallest absolute Gasteiger partial charge is 0.188 e. The Morgan fingerprint density at radius 2 is 2.15 bits per heavy atom. The summed E-state index contributed by atoms with van der Waals surface area (Å²) in [6, 6.07) is 1.15. The van der Waals surface area contributed by atoms with Crippen molar-refractivity contribution in [3.05, 3.63) is 0 Å². The molecule has 13 heavy (non-hydrogen) atoms. The second-order valence-corrected chi connectivity index (χ2v) is 8.03. The predicted molar refractivity (Wildman–Crippen MR) is 59.5 cm³/mol. The zero-order chi connectivity index (χ0) is 10.3. The minimum absolute atomic E-state index is 0.511. The average molecular weight is 203 g/mol. The molecule has 5 heteroatoms. The molecule has 4 nitrogen and oxygen atoms in total. The fourth-order valence-corrected chi connectivity index (χ4v) is 2.14. The van der Waals surface area contributed by atoms with Crippen LogP contribution in [-0.2, 0) is 4.43 Å². The quantitative estimate of drug-likeness (QED) is 0.300. The Bertz CT molecular complexity index is 171.